The van der Waals surface area contributed by atoms with E-state index >= 15 is 0 Å². The van der Waals surface area contributed by atoms with Crippen LogP contribution in [0.3, 0.4) is 0 Å². The molecule has 0 aliphatic heterocycles. The number of hydrogen-bond donors (Lipinski definition) is 3. The zero-order valence-electron chi connectivity index (χ0n) is 16.8. The van der Waals surface area contributed by atoms with E-state index < -0.39 is 5.54 Å². The van der Waals surface area contributed by atoms with Gasteiger partial charge in [0.25, 0.3) is 0 Å². The lowest BCUT2D eigenvalue weighted by Gasteiger charge is -2.24. The van der Waals surface area contributed by atoms with Gasteiger partial charge in [-0.3, -0.25) is 0 Å². The maximum Gasteiger partial charge on any atom is 0.0633 e. The van der Waals surface area contributed by atoms with Gasteiger partial charge >= 0.3 is 0 Å². The Morgan fingerprint density at radius 2 is 1.15 bits per heavy atom. The van der Waals surface area contributed by atoms with Crippen LogP contribution >= 0.6 is 0 Å². The fourth-order valence-corrected chi connectivity index (χ4v) is 3.20. The Kier molecular flexibility index (Phi) is 8.49. The third-order valence-electron chi connectivity index (χ3n) is 5.39. The highest BCUT2D eigenvalue weighted by molar-refractivity contribution is 5.25. The van der Waals surface area contributed by atoms with E-state index in [-0.39, 0.29) is 13.2 Å². The quantitative estimate of drug-likeness (QED) is 0.525. The molecule has 0 aliphatic carbocycles. The van der Waals surface area contributed by atoms with Crippen molar-refractivity contribution in [2.45, 2.75) is 63.8 Å². The Labute approximate surface area is 164 Å². The van der Waals surface area contributed by atoms with E-state index in [1.54, 1.807) is 0 Å². The molecule has 0 bridgehead atoms. The lowest BCUT2D eigenvalue weighted by molar-refractivity contribution is 0.115. The maximum absolute atomic E-state index is 9.26. The third kappa shape index (κ3) is 7.10. The molecule has 2 aromatic carbocycles. The highest BCUT2D eigenvalue weighted by atomic mass is 16.3. The van der Waals surface area contributed by atoms with Crippen LogP contribution in [-0.2, 0) is 19.3 Å². The van der Waals surface area contributed by atoms with Crippen molar-refractivity contribution in [2.75, 3.05) is 13.2 Å². The van der Waals surface area contributed by atoms with Gasteiger partial charge in [-0.15, -0.1) is 0 Å². The second-order valence-corrected chi connectivity index (χ2v) is 8.10. The molecule has 2 aromatic rings. The largest absolute Gasteiger partial charge is 0.394 e. The van der Waals surface area contributed by atoms with Gasteiger partial charge in [-0.05, 0) is 66.7 Å². The molecule has 0 atom stereocenters. The SMILES string of the molecule is CC(C)c1ccc(CCCCc2ccc(CCC(N)(CO)CO)cc2)cc1. The molecule has 0 amide bonds. The molecule has 27 heavy (non-hydrogen) atoms. The fourth-order valence-electron chi connectivity index (χ4n) is 3.20. The molecular formula is C24H35NO2. The molecule has 0 heterocycles. The standard InChI is InChI=1S/C24H35NO2/c1-19(2)23-13-11-21(12-14-23)6-4-3-5-20-7-9-22(10-8-20)15-16-24(25,17-26)18-27/h7-14,19,26-27H,3-6,15-18,25H2,1-2H3. The monoisotopic (exact) mass is 369 g/mol. The van der Waals surface area contributed by atoms with Crippen molar-refractivity contribution in [3.05, 3.63) is 70.8 Å². The molecule has 3 heteroatoms. The molecule has 0 aromatic heterocycles. The van der Waals surface area contributed by atoms with Crippen LogP contribution in [0.1, 0.15) is 61.3 Å². The normalized spacial score (nSPS) is 11.9. The van der Waals surface area contributed by atoms with E-state index in [0.717, 1.165) is 19.3 Å². The van der Waals surface area contributed by atoms with Crippen LogP contribution in [0.15, 0.2) is 48.5 Å². The molecule has 3 nitrogen and oxygen atoms in total. The van der Waals surface area contributed by atoms with Crippen LogP contribution in [0.5, 0.6) is 0 Å². The second kappa shape index (κ2) is 10.6. The average Bonchev–Trinajstić information content (AvgIpc) is 2.70. The Morgan fingerprint density at radius 3 is 1.56 bits per heavy atom. The van der Waals surface area contributed by atoms with Gasteiger partial charge in [0.2, 0.25) is 0 Å². The highest BCUT2D eigenvalue weighted by Gasteiger charge is 2.22. The second-order valence-electron chi connectivity index (χ2n) is 8.10. The summed E-state index contributed by atoms with van der Waals surface area (Å²) in [5.74, 6) is 0.593. The molecule has 0 unspecified atom stereocenters. The summed E-state index contributed by atoms with van der Waals surface area (Å²) >= 11 is 0. The number of hydrogen-bond acceptors (Lipinski definition) is 3. The molecule has 0 spiro atoms. The molecule has 0 saturated carbocycles. The highest BCUT2D eigenvalue weighted by Crippen LogP contribution is 2.17. The Balaban J connectivity index is 1.72. The summed E-state index contributed by atoms with van der Waals surface area (Å²) in [5.41, 5.74) is 10.4. The lowest BCUT2D eigenvalue weighted by atomic mass is 9.93. The van der Waals surface area contributed by atoms with Crippen LogP contribution < -0.4 is 5.73 Å². The van der Waals surface area contributed by atoms with Crippen molar-refractivity contribution in [1.82, 2.24) is 0 Å². The number of nitrogens with two attached hydrogens (primary N) is 1. The van der Waals surface area contributed by atoms with Crippen LogP contribution in [0, 0.1) is 0 Å². The van der Waals surface area contributed by atoms with E-state index in [9.17, 15) is 10.2 Å². The van der Waals surface area contributed by atoms with Crippen molar-refractivity contribution in [1.29, 1.82) is 0 Å². The van der Waals surface area contributed by atoms with Crippen molar-refractivity contribution in [3.8, 4) is 0 Å². The summed E-state index contributed by atoms with van der Waals surface area (Å²) in [6.07, 6.45) is 5.97. The molecule has 148 valence electrons. The first kappa shape index (κ1) is 21.6. The van der Waals surface area contributed by atoms with Gasteiger partial charge in [-0.25, -0.2) is 0 Å². The molecule has 4 N–H and O–H groups in total. The number of aryl methyl sites for hydroxylation is 3. The number of aliphatic hydroxyl groups excluding tert-OH is 2. The van der Waals surface area contributed by atoms with Crippen molar-refractivity contribution in [2.24, 2.45) is 5.73 Å². The van der Waals surface area contributed by atoms with Crippen molar-refractivity contribution in [3.63, 3.8) is 0 Å². The topological polar surface area (TPSA) is 66.5 Å². The number of unbranched alkanes of at least 4 members (excludes halogenated alkanes) is 1. The van der Waals surface area contributed by atoms with Crippen LogP contribution in [0.2, 0.25) is 0 Å². The molecular weight excluding hydrogens is 334 g/mol. The minimum atomic E-state index is -0.883. The predicted octanol–water partition coefficient (Wildman–Crippen LogP) is 3.99. The molecule has 0 saturated heterocycles. The van der Waals surface area contributed by atoms with E-state index in [2.05, 4.69) is 62.4 Å². The fraction of sp³-hybridized carbons (Fsp3) is 0.500. The Hall–Kier alpha value is -1.68. The van der Waals surface area contributed by atoms with Crippen molar-refractivity contribution < 1.29 is 10.2 Å². The Bertz CT molecular complexity index is 658. The van der Waals surface area contributed by atoms with E-state index in [1.807, 2.05) is 0 Å². The molecule has 0 aliphatic rings. The minimum Gasteiger partial charge on any atom is -0.394 e. The van der Waals surface area contributed by atoms with Crippen LogP contribution in [-0.4, -0.2) is 29.0 Å². The van der Waals surface area contributed by atoms with Gasteiger partial charge in [-0.1, -0.05) is 62.4 Å². The first-order valence-electron chi connectivity index (χ1n) is 10.1. The van der Waals surface area contributed by atoms with E-state index in [4.69, 9.17) is 5.73 Å². The number of rotatable bonds is 11. The van der Waals surface area contributed by atoms with Gasteiger partial charge < -0.3 is 15.9 Å². The number of benzene rings is 2. The first-order chi connectivity index (χ1) is 13.0. The van der Waals surface area contributed by atoms with Crippen LogP contribution in [0.25, 0.3) is 0 Å². The van der Waals surface area contributed by atoms with Gasteiger partial charge in [0, 0.05) is 0 Å². The zero-order chi connectivity index (χ0) is 19.7. The minimum absolute atomic E-state index is 0.193. The van der Waals surface area contributed by atoms with Gasteiger partial charge in [0.05, 0.1) is 18.8 Å². The molecule has 2 rings (SSSR count). The first-order valence-corrected chi connectivity index (χ1v) is 10.1. The van der Waals surface area contributed by atoms with Gasteiger partial charge in [0.15, 0.2) is 0 Å². The molecule has 0 fully saturated rings. The van der Waals surface area contributed by atoms with Gasteiger partial charge in [-0.2, -0.15) is 0 Å². The van der Waals surface area contributed by atoms with Crippen LogP contribution in [0.4, 0.5) is 0 Å². The summed E-state index contributed by atoms with van der Waals surface area (Å²) in [5, 5.41) is 18.5. The predicted molar refractivity (Wildman–Crippen MR) is 113 cm³/mol. The Morgan fingerprint density at radius 1 is 0.741 bits per heavy atom. The summed E-state index contributed by atoms with van der Waals surface area (Å²) in [4.78, 5) is 0. The third-order valence-corrected chi connectivity index (χ3v) is 5.39. The molecule has 0 radical (unpaired) electrons. The number of aliphatic hydroxyl groups is 2. The zero-order valence-corrected chi connectivity index (χ0v) is 16.8. The summed E-state index contributed by atoms with van der Waals surface area (Å²) in [7, 11) is 0. The summed E-state index contributed by atoms with van der Waals surface area (Å²) in [6.45, 7) is 4.07. The smallest absolute Gasteiger partial charge is 0.0633 e. The van der Waals surface area contributed by atoms with Crippen molar-refractivity contribution >= 4 is 0 Å². The summed E-state index contributed by atoms with van der Waals surface area (Å²) < 4.78 is 0. The summed E-state index contributed by atoms with van der Waals surface area (Å²) in [6, 6.07) is 17.7. The van der Waals surface area contributed by atoms with Gasteiger partial charge in [0.1, 0.15) is 0 Å². The lowest BCUT2D eigenvalue weighted by Crippen LogP contribution is -2.47. The van der Waals surface area contributed by atoms with E-state index in [1.165, 1.54) is 35.1 Å². The van der Waals surface area contributed by atoms with E-state index in [0.29, 0.717) is 12.3 Å². The maximum atomic E-state index is 9.26. The average molecular weight is 370 g/mol.